The molecule has 4 nitrogen and oxygen atoms in total. The summed E-state index contributed by atoms with van der Waals surface area (Å²) in [4.78, 5) is 7.99. The summed E-state index contributed by atoms with van der Waals surface area (Å²) in [5.74, 6) is 1.72. The fourth-order valence-electron chi connectivity index (χ4n) is 6.27. The second-order valence-corrected chi connectivity index (χ2v) is 11.9. The Balaban J connectivity index is 0.00000259. The Bertz CT molecular complexity index is 762. The molecule has 2 heterocycles. The number of nitrogens with zero attached hydrogens (tertiary/aromatic N) is 3. The lowest BCUT2D eigenvalue weighted by Crippen LogP contribution is -2.47. The molecule has 2 aliphatic heterocycles. The van der Waals surface area contributed by atoms with Crippen LogP contribution in [0.1, 0.15) is 76.7 Å². The Hall–Kier alpha value is -0.970. The number of benzene rings is 1. The zero-order chi connectivity index (χ0) is 22.1. The van der Waals surface area contributed by atoms with Crippen molar-refractivity contribution in [2.45, 2.75) is 77.2 Å². The Morgan fingerprint density at radius 3 is 2.30 bits per heavy atom. The van der Waals surface area contributed by atoms with Crippen LogP contribution in [0.15, 0.2) is 18.2 Å². The van der Waals surface area contributed by atoms with Gasteiger partial charge in [0.2, 0.25) is 0 Å². The summed E-state index contributed by atoms with van der Waals surface area (Å²) in [6, 6.07) is 7.45. The maximum absolute atomic E-state index is 5.72. The fraction of sp³-hybridized carbons (Fsp3) is 0.786. The van der Waals surface area contributed by atoms with Gasteiger partial charge in [-0.2, -0.15) is 0 Å². The van der Waals surface area contributed by atoms with Crippen LogP contribution in [0.25, 0.3) is 0 Å². The van der Waals surface area contributed by atoms with E-state index in [1.807, 2.05) is 7.11 Å². The van der Waals surface area contributed by atoms with Gasteiger partial charge >= 0.3 is 0 Å². The molecule has 0 amide bonds. The number of piperazine rings is 1. The molecule has 4 aliphatic rings. The zero-order valence-corrected chi connectivity index (χ0v) is 22.0. The maximum Gasteiger partial charge on any atom is 0.0746 e. The first-order valence-electron chi connectivity index (χ1n) is 13.4. The van der Waals surface area contributed by atoms with Crippen molar-refractivity contribution in [1.29, 1.82) is 0 Å². The molecule has 1 aromatic rings. The van der Waals surface area contributed by atoms with E-state index in [2.05, 4.69) is 46.7 Å². The summed E-state index contributed by atoms with van der Waals surface area (Å²) in [7, 11) is 1.87. The van der Waals surface area contributed by atoms with E-state index in [9.17, 15) is 0 Å². The minimum Gasteiger partial charge on any atom is -0.380 e. The van der Waals surface area contributed by atoms with E-state index in [4.69, 9.17) is 4.74 Å². The quantitative estimate of drug-likeness (QED) is 0.506. The van der Waals surface area contributed by atoms with Crippen LogP contribution in [-0.4, -0.2) is 63.9 Å². The molecule has 0 bridgehead atoms. The van der Waals surface area contributed by atoms with E-state index in [1.165, 1.54) is 95.5 Å². The zero-order valence-electron chi connectivity index (χ0n) is 21.2. The SMILES string of the molecule is CO[C@@H]1CCCN(c2ccc(N3CCN(CC4CC4)CC3)c(C3CCC(C)(C)CC3)c2)C1.Cl. The number of ether oxygens (including phenoxy) is 1. The minimum atomic E-state index is 0. The highest BCUT2D eigenvalue weighted by atomic mass is 35.5. The summed E-state index contributed by atoms with van der Waals surface area (Å²) in [5, 5.41) is 0. The van der Waals surface area contributed by atoms with Crippen LogP contribution in [0.2, 0.25) is 0 Å². The van der Waals surface area contributed by atoms with Crippen LogP contribution in [0.5, 0.6) is 0 Å². The van der Waals surface area contributed by atoms with E-state index in [0.29, 0.717) is 17.4 Å². The van der Waals surface area contributed by atoms with Crippen LogP contribution in [0.4, 0.5) is 11.4 Å². The second-order valence-electron chi connectivity index (χ2n) is 11.9. The number of hydrogen-bond acceptors (Lipinski definition) is 4. The number of hydrogen-bond donors (Lipinski definition) is 0. The van der Waals surface area contributed by atoms with Crippen molar-refractivity contribution in [1.82, 2.24) is 4.90 Å². The summed E-state index contributed by atoms with van der Waals surface area (Å²) in [5.41, 5.74) is 5.10. The molecule has 0 radical (unpaired) electrons. The molecule has 2 aliphatic carbocycles. The number of rotatable bonds is 6. The van der Waals surface area contributed by atoms with Crippen molar-refractivity contribution in [3.8, 4) is 0 Å². The van der Waals surface area contributed by atoms with Crippen molar-refractivity contribution < 1.29 is 4.74 Å². The van der Waals surface area contributed by atoms with Gasteiger partial charge in [0.25, 0.3) is 0 Å². The van der Waals surface area contributed by atoms with Crippen molar-refractivity contribution in [3.05, 3.63) is 23.8 Å². The van der Waals surface area contributed by atoms with Gasteiger partial charge in [0, 0.05) is 64.3 Å². The standard InChI is InChI=1S/C28H45N3O.ClH/c1-28(2)12-10-23(11-13-28)26-19-24(31-14-4-5-25(21-31)32-3)8-9-27(26)30-17-15-29(16-18-30)20-22-6-7-22;/h8-9,19,22-23,25H,4-7,10-18,20-21H2,1-3H3;1H/t25-;/m1./s1. The third-order valence-electron chi connectivity index (χ3n) is 8.79. The topological polar surface area (TPSA) is 19.0 Å². The summed E-state index contributed by atoms with van der Waals surface area (Å²) in [6.07, 6.45) is 11.1. The van der Waals surface area contributed by atoms with E-state index in [-0.39, 0.29) is 12.4 Å². The molecule has 1 aromatic carbocycles. The molecule has 5 heteroatoms. The molecule has 0 unspecified atom stereocenters. The molecule has 2 saturated heterocycles. The summed E-state index contributed by atoms with van der Waals surface area (Å²) in [6.45, 7) is 13.3. The largest absolute Gasteiger partial charge is 0.380 e. The molecule has 4 fully saturated rings. The molecular formula is C28H46ClN3O. The number of methoxy groups -OCH3 is 1. The molecule has 33 heavy (non-hydrogen) atoms. The van der Waals surface area contributed by atoms with Crippen molar-refractivity contribution in [2.75, 3.05) is 62.7 Å². The molecule has 186 valence electrons. The van der Waals surface area contributed by atoms with Crippen LogP contribution < -0.4 is 9.80 Å². The smallest absolute Gasteiger partial charge is 0.0746 e. The number of halogens is 1. The molecule has 0 N–H and O–H groups in total. The third-order valence-corrected chi connectivity index (χ3v) is 8.79. The molecule has 1 atom stereocenters. The van der Waals surface area contributed by atoms with Crippen LogP contribution in [-0.2, 0) is 4.74 Å². The Morgan fingerprint density at radius 1 is 0.909 bits per heavy atom. The van der Waals surface area contributed by atoms with Gasteiger partial charge in [-0.15, -0.1) is 12.4 Å². The average Bonchev–Trinajstić information content (AvgIpc) is 3.63. The molecule has 0 spiro atoms. The molecular weight excluding hydrogens is 430 g/mol. The second kappa shape index (κ2) is 10.7. The lowest BCUT2D eigenvalue weighted by molar-refractivity contribution is 0.0893. The Labute approximate surface area is 208 Å². The van der Waals surface area contributed by atoms with E-state index < -0.39 is 0 Å². The van der Waals surface area contributed by atoms with Gasteiger partial charge < -0.3 is 14.5 Å². The molecule has 2 saturated carbocycles. The van der Waals surface area contributed by atoms with Crippen molar-refractivity contribution in [2.24, 2.45) is 11.3 Å². The van der Waals surface area contributed by atoms with Crippen molar-refractivity contribution >= 4 is 23.8 Å². The minimum absolute atomic E-state index is 0. The van der Waals surface area contributed by atoms with Gasteiger partial charge in [-0.1, -0.05) is 13.8 Å². The first kappa shape index (κ1) is 25.1. The van der Waals surface area contributed by atoms with Crippen molar-refractivity contribution in [3.63, 3.8) is 0 Å². The highest BCUT2D eigenvalue weighted by molar-refractivity contribution is 5.85. The van der Waals surface area contributed by atoms with Gasteiger partial charge in [-0.3, -0.25) is 4.90 Å². The van der Waals surface area contributed by atoms with Gasteiger partial charge in [-0.25, -0.2) is 0 Å². The lowest BCUT2D eigenvalue weighted by atomic mass is 9.71. The van der Waals surface area contributed by atoms with Crippen LogP contribution in [0.3, 0.4) is 0 Å². The fourth-order valence-corrected chi connectivity index (χ4v) is 6.27. The normalized spacial score (nSPS) is 26.8. The monoisotopic (exact) mass is 475 g/mol. The highest BCUT2D eigenvalue weighted by Crippen LogP contribution is 2.46. The molecule has 0 aromatic heterocycles. The van der Waals surface area contributed by atoms with Crippen LogP contribution >= 0.6 is 12.4 Å². The predicted octanol–water partition coefficient (Wildman–Crippen LogP) is 5.94. The first-order chi connectivity index (χ1) is 15.5. The lowest BCUT2D eigenvalue weighted by Gasteiger charge is -2.41. The first-order valence-corrected chi connectivity index (χ1v) is 13.4. The Morgan fingerprint density at radius 2 is 1.64 bits per heavy atom. The Kier molecular flexibility index (Phi) is 8.18. The number of anilines is 2. The van der Waals surface area contributed by atoms with E-state index in [0.717, 1.165) is 19.0 Å². The summed E-state index contributed by atoms with van der Waals surface area (Å²) < 4.78 is 5.72. The summed E-state index contributed by atoms with van der Waals surface area (Å²) >= 11 is 0. The van der Waals surface area contributed by atoms with Gasteiger partial charge in [0.1, 0.15) is 0 Å². The van der Waals surface area contributed by atoms with Crippen LogP contribution in [0, 0.1) is 11.3 Å². The van der Waals surface area contributed by atoms with E-state index in [1.54, 1.807) is 5.56 Å². The highest BCUT2D eigenvalue weighted by Gasteiger charge is 2.32. The number of piperidine rings is 1. The predicted molar refractivity (Wildman–Crippen MR) is 142 cm³/mol. The third kappa shape index (κ3) is 6.18. The van der Waals surface area contributed by atoms with Gasteiger partial charge in [0.05, 0.1) is 6.10 Å². The van der Waals surface area contributed by atoms with Gasteiger partial charge in [0.15, 0.2) is 0 Å². The maximum atomic E-state index is 5.72. The average molecular weight is 476 g/mol. The molecule has 5 rings (SSSR count). The van der Waals surface area contributed by atoms with E-state index >= 15 is 0 Å². The van der Waals surface area contributed by atoms with Gasteiger partial charge in [-0.05, 0) is 92.4 Å².